The van der Waals surface area contributed by atoms with Crippen LogP contribution in [0.4, 0.5) is 11.6 Å². The van der Waals surface area contributed by atoms with Crippen molar-refractivity contribution in [2.24, 2.45) is 0 Å². The molecule has 0 saturated heterocycles. The first-order valence-corrected chi connectivity index (χ1v) is 9.37. The van der Waals surface area contributed by atoms with Gasteiger partial charge in [-0.15, -0.1) is 0 Å². The zero-order valence-electron chi connectivity index (χ0n) is 14.3. The second-order valence-electron chi connectivity index (χ2n) is 6.19. The first kappa shape index (κ1) is 18.7. The van der Waals surface area contributed by atoms with Crippen LogP contribution in [0, 0.1) is 0 Å². The maximum Gasteiger partial charge on any atom is 0.254 e. The van der Waals surface area contributed by atoms with Gasteiger partial charge >= 0.3 is 0 Å². The van der Waals surface area contributed by atoms with Crippen LogP contribution in [0.2, 0.25) is 10.0 Å². The van der Waals surface area contributed by atoms with E-state index in [1.807, 2.05) is 0 Å². The fourth-order valence-electron chi connectivity index (χ4n) is 2.84. The lowest BCUT2D eigenvalue weighted by Crippen LogP contribution is -2.25. The van der Waals surface area contributed by atoms with Crippen LogP contribution in [-0.2, 0) is 0 Å². The Labute approximate surface area is 162 Å². The van der Waals surface area contributed by atoms with Crippen LogP contribution < -0.4 is 10.6 Å². The van der Waals surface area contributed by atoms with Crippen LogP contribution in [0.5, 0.6) is 0 Å². The molecule has 0 atom stereocenters. The van der Waals surface area contributed by atoms with E-state index in [4.69, 9.17) is 23.2 Å². The van der Waals surface area contributed by atoms with E-state index in [1.165, 1.54) is 30.8 Å². The number of nitrogens with zero attached hydrogens (tertiary/aromatic N) is 2. The number of rotatable bonds is 6. The minimum atomic E-state index is -0.168. The molecule has 1 heterocycles. The smallest absolute Gasteiger partial charge is 0.254 e. The maximum atomic E-state index is 12.2. The molecule has 1 aromatic carbocycles. The molecule has 0 spiro atoms. The average Bonchev–Trinajstić information content (AvgIpc) is 2.62. The molecule has 3 rings (SSSR count). The van der Waals surface area contributed by atoms with Gasteiger partial charge in [-0.1, -0.05) is 34.9 Å². The molecule has 7 heteroatoms. The van der Waals surface area contributed by atoms with E-state index in [1.54, 1.807) is 18.2 Å². The fourth-order valence-corrected chi connectivity index (χ4v) is 3.36. The molecule has 2 aromatic rings. The Morgan fingerprint density at radius 1 is 1.08 bits per heavy atom. The summed E-state index contributed by atoms with van der Waals surface area (Å²) >= 11 is 11.9. The SMILES string of the molecule is O=C(NCCC1=CCCCC1)c1cnc(Nc2cc(Cl)cc(Cl)c2)nc1. The highest BCUT2D eigenvalue weighted by Crippen LogP contribution is 2.24. The van der Waals surface area contributed by atoms with Crippen molar-refractivity contribution in [1.29, 1.82) is 0 Å². The molecular formula is C19H20Cl2N4O. The third kappa shape index (κ3) is 5.44. The number of nitrogens with one attached hydrogen (secondary N) is 2. The zero-order valence-corrected chi connectivity index (χ0v) is 15.8. The average molecular weight is 391 g/mol. The number of benzene rings is 1. The van der Waals surface area contributed by atoms with Crippen molar-refractivity contribution < 1.29 is 4.79 Å². The van der Waals surface area contributed by atoms with Crippen LogP contribution >= 0.6 is 23.2 Å². The zero-order chi connectivity index (χ0) is 18.4. The van der Waals surface area contributed by atoms with E-state index in [0.29, 0.717) is 33.8 Å². The second kappa shape index (κ2) is 9.01. The number of carbonyl (C=O) groups is 1. The van der Waals surface area contributed by atoms with Gasteiger partial charge in [0.25, 0.3) is 5.91 Å². The molecule has 0 radical (unpaired) electrons. The molecular weight excluding hydrogens is 371 g/mol. The molecule has 26 heavy (non-hydrogen) atoms. The van der Waals surface area contributed by atoms with Gasteiger partial charge in [-0.2, -0.15) is 0 Å². The summed E-state index contributed by atoms with van der Waals surface area (Å²) < 4.78 is 0. The summed E-state index contributed by atoms with van der Waals surface area (Å²) in [6.45, 7) is 0.631. The Morgan fingerprint density at radius 2 is 1.81 bits per heavy atom. The van der Waals surface area contributed by atoms with Crippen molar-refractivity contribution in [3.8, 4) is 0 Å². The van der Waals surface area contributed by atoms with Gasteiger partial charge in [0.1, 0.15) is 0 Å². The molecule has 0 saturated carbocycles. The van der Waals surface area contributed by atoms with E-state index in [-0.39, 0.29) is 5.91 Å². The number of aromatic nitrogens is 2. The number of halogens is 2. The molecule has 0 aliphatic heterocycles. The number of carbonyl (C=O) groups excluding carboxylic acids is 1. The van der Waals surface area contributed by atoms with Crippen LogP contribution in [0.3, 0.4) is 0 Å². The number of anilines is 2. The van der Waals surface area contributed by atoms with Gasteiger partial charge in [-0.25, -0.2) is 9.97 Å². The summed E-state index contributed by atoms with van der Waals surface area (Å²) in [4.78, 5) is 20.5. The predicted molar refractivity (Wildman–Crippen MR) is 105 cm³/mol. The number of allylic oxidation sites excluding steroid dienone is 1. The molecule has 0 unspecified atom stereocenters. The highest BCUT2D eigenvalue weighted by Gasteiger charge is 2.09. The van der Waals surface area contributed by atoms with Gasteiger partial charge in [-0.3, -0.25) is 4.79 Å². The first-order valence-electron chi connectivity index (χ1n) is 8.61. The highest BCUT2D eigenvalue weighted by atomic mass is 35.5. The molecule has 0 bridgehead atoms. The number of amides is 1. The van der Waals surface area contributed by atoms with Gasteiger partial charge in [0, 0.05) is 34.7 Å². The fraction of sp³-hybridized carbons (Fsp3) is 0.316. The topological polar surface area (TPSA) is 66.9 Å². The molecule has 1 aromatic heterocycles. The minimum absolute atomic E-state index is 0.168. The largest absolute Gasteiger partial charge is 0.352 e. The summed E-state index contributed by atoms with van der Waals surface area (Å²) in [6, 6.07) is 5.08. The Hall–Kier alpha value is -2.11. The van der Waals surface area contributed by atoms with Crippen LogP contribution in [0.25, 0.3) is 0 Å². The molecule has 0 fully saturated rings. The lowest BCUT2D eigenvalue weighted by atomic mass is 9.97. The Kier molecular flexibility index (Phi) is 6.47. The van der Waals surface area contributed by atoms with E-state index < -0.39 is 0 Å². The summed E-state index contributed by atoms with van der Waals surface area (Å²) in [5.41, 5.74) is 2.55. The van der Waals surface area contributed by atoms with E-state index in [9.17, 15) is 4.79 Å². The van der Waals surface area contributed by atoms with Gasteiger partial charge in [-0.05, 0) is 50.3 Å². The van der Waals surface area contributed by atoms with Gasteiger partial charge in [0.2, 0.25) is 5.95 Å². The van der Waals surface area contributed by atoms with Crippen molar-refractivity contribution in [2.75, 3.05) is 11.9 Å². The van der Waals surface area contributed by atoms with E-state index >= 15 is 0 Å². The summed E-state index contributed by atoms with van der Waals surface area (Å²) in [5.74, 6) is 0.200. The number of hydrogen-bond acceptors (Lipinski definition) is 4. The minimum Gasteiger partial charge on any atom is -0.352 e. The number of hydrogen-bond donors (Lipinski definition) is 2. The highest BCUT2D eigenvalue weighted by molar-refractivity contribution is 6.35. The molecule has 1 amide bonds. The summed E-state index contributed by atoms with van der Waals surface area (Å²) in [6.07, 6.45) is 11.0. The van der Waals surface area contributed by atoms with Gasteiger partial charge in [0.15, 0.2) is 0 Å². The van der Waals surface area contributed by atoms with Gasteiger partial charge < -0.3 is 10.6 Å². The standard InChI is InChI=1S/C19H20Cl2N4O/c20-15-8-16(21)10-17(9-15)25-19-23-11-14(12-24-19)18(26)22-7-6-13-4-2-1-3-5-13/h4,8-12H,1-3,5-7H2,(H,22,26)(H,23,24,25). The monoisotopic (exact) mass is 390 g/mol. The molecule has 5 nitrogen and oxygen atoms in total. The Morgan fingerprint density at radius 3 is 2.46 bits per heavy atom. The Balaban J connectivity index is 1.53. The lowest BCUT2D eigenvalue weighted by molar-refractivity contribution is 0.0953. The molecule has 136 valence electrons. The normalized spacial score (nSPS) is 13.8. The van der Waals surface area contributed by atoms with Crippen molar-refractivity contribution in [3.63, 3.8) is 0 Å². The molecule has 1 aliphatic carbocycles. The van der Waals surface area contributed by atoms with Crippen LogP contribution in [0.1, 0.15) is 42.5 Å². The van der Waals surface area contributed by atoms with Crippen molar-refractivity contribution in [3.05, 3.63) is 57.9 Å². The molecule has 1 aliphatic rings. The maximum absolute atomic E-state index is 12.2. The summed E-state index contributed by atoms with van der Waals surface area (Å²) in [5, 5.41) is 6.96. The molecule has 2 N–H and O–H groups in total. The second-order valence-corrected chi connectivity index (χ2v) is 7.07. The first-order chi connectivity index (χ1) is 12.6. The third-order valence-corrected chi connectivity index (χ3v) is 4.59. The van der Waals surface area contributed by atoms with Crippen LogP contribution in [-0.4, -0.2) is 22.4 Å². The van der Waals surface area contributed by atoms with E-state index in [2.05, 4.69) is 26.7 Å². The lowest BCUT2D eigenvalue weighted by Gasteiger charge is -2.13. The quantitative estimate of drug-likeness (QED) is 0.669. The van der Waals surface area contributed by atoms with Crippen molar-refractivity contribution >= 4 is 40.7 Å². The van der Waals surface area contributed by atoms with E-state index in [0.717, 1.165) is 19.3 Å². The Bertz CT molecular complexity index is 785. The van der Waals surface area contributed by atoms with Gasteiger partial charge in [0.05, 0.1) is 5.56 Å². The summed E-state index contributed by atoms with van der Waals surface area (Å²) in [7, 11) is 0. The van der Waals surface area contributed by atoms with Crippen LogP contribution in [0.15, 0.2) is 42.2 Å². The predicted octanol–water partition coefficient (Wildman–Crippen LogP) is 5.15. The van der Waals surface area contributed by atoms with Crippen molar-refractivity contribution in [1.82, 2.24) is 15.3 Å². The van der Waals surface area contributed by atoms with Crippen molar-refractivity contribution in [2.45, 2.75) is 32.1 Å². The third-order valence-electron chi connectivity index (χ3n) is 4.15.